The van der Waals surface area contributed by atoms with Gasteiger partial charge >= 0.3 is 5.97 Å². The van der Waals surface area contributed by atoms with Crippen molar-refractivity contribution in [2.45, 2.75) is 25.4 Å². The van der Waals surface area contributed by atoms with Crippen LogP contribution in [0, 0.1) is 11.7 Å². The molecule has 3 aromatic carbocycles. The average Bonchev–Trinajstić information content (AvgIpc) is 3.09. The summed E-state index contributed by atoms with van der Waals surface area (Å²) >= 11 is 5.91. The molecule has 1 heterocycles. The van der Waals surface area contributed by atoms with E-state index in [0.29, 0.717) is 22.6 Å². The van der Waals surface area contributed by atoms with Gasteiger partial charge in [0.25, 0.3) is 11.8 Å². The molecule has 0 fully saturated rings. The Balaban J connectivity index is 1.40. The van der Waals surface area contributed by atoms with Crippen LogP contribution in [0.15, 0.2) is 66.7 Å². The molecule has 8 heteroatoms. The Kier molecular flexibility index (Phi) is 7.28. The zero-order valence-corrected chi connectivity index (χ0v) is 19.4. The van der Waals surface area contributed by atoms with Crippen molar-refractivity contribution in [3.8, 4) is 11.1 Å². The minimum Gasteiger partial charge on any atom is -0.481 e. The molecule has 2 atom stereocenters. The van der Waals surface area contributed by atoms with Gasteiger partial charge in [0.2, 0.25) is 0 Å². The van der Waals surface area contributed by atoms with Crippen LogP contribution in [-0.2, 0) is 11.2 Å². The number of aliphatic hydroxyl groups is 1. The lowest BCUT2D eigenvalue weighted by atomic mass is 9.92. The third-order valence-corrected chi connectivity index (χ3v) is 6.49. The maximum absolute atomic E-state index is 14.4. The molecule has 2 N–H and O–H groups in total. The third-order valence-electron chi connectivity index (χ3n) is 6.24. The first kappa shape index (κ1) is 24.6. The van der Waals surface area contributed by atoms with Crippen molar-refractivity contribution in [3.05, 3.63) is 94.3 Å². The lowest BCUT2D eigenvalue weighted by Gasteiger charge is -2.22. The maximum atomic E-state index is 14.4. The van der Waals surface area contributed by atoms with E-state index in [0.717, 1.165) is 10.5 Å². The fourth-order valence-electron chi connectivity index (χ4n) is 4.29. The minimum atomic E-state index is -1.22. The quantitative estimate of drug-likeness (QED) is 0.415. The van der Waals surface area contributed by atoms with Crippen LogP contribution in [0.1, 0.15) is 39.1 Å². The number of amides is 2. The van der Waals surface area contributed by atoms with Crippen LogP contribution in [0.3, 0.4) is 0 Å². The summed E-state index contributed by atoms with van der Waals surface area (Å²) < 4.78 is 14.4. The van der Waals surface area contributed by atoms with Crippen molar-refractivity contribution in [2.75, 3.05) is 6.54 Å². The van der Waals surface area contributed by atoms with Gasteiger partial charge in [-0.25, -0.2) is 4.39 Å². The predicted molar refractivity (Wildman–Crippen MR) is 129 cm³/mol. The van der Waals surface area contributed by atoms with Crippen LogP contribution in [-0.4, -0.2) is 45.5 Å². The number of aliphatic carboxylic acids is 1. The van der Waals surface area contributed by atoms with Gasteiger partial charge in [0.05, 0.1) is 23.1 Å². The van der Waals surface area contributed by atoms with Crippen molar-refractivity contribution in [3.63, 3.8) is 0 Å². The highest BCUT2D eigenvalue weighted by molar-refractivity contribution is 6.30. The highest BCUT2D eigenvalue weighted by Gasteiger charge is 2.36. The molecule has 0 bridgehead atoms. The maximum Gasteiger partial charge on any atom is 0.309 e. The van der Waals surface area contributed by atoms with Gasteiger partial charge in [-0.1, -0.05) is 41.9 Å². The van der Waals surface area contributed by atoms with Crippen molar-refractivity contribution in [1.82, 2.24) is 4.90 Å². The summed E-state index contributed by atoms with van der Waals surface area (Å²) in [5.41, 5.74) is 2.35. The topological polar surface area (TPSA) is 94.9 Å². The van der Waals surface area contributed by atoms with Gasteiger partial charge in [-0.2, -0.15) is 0 Å². The van der Waals surface area contributed by atoms with Crippen LogP contribution < -0.4 is 0 Å². The molecule has 1 aliphatic heterocycles. The number of halogens is 2. The molecular formula is C27H23ClFNO5. The van der Waals surface area contributed by atoms with E-state index in [2.05, 4.69) is 0 Å². The largest absolute Gasteiger partial charge is 0.481 e. The number of nitrogens with zero attached hydrogens (tertiary/aromatic N) is 1. The number of hydrogen-bond acceptors (Lipinski definition) is 4. The second-order valence-electron chi connectivity index (χ2n) is 8.47. The lowest BCUT2D eigenvalue weighted by Crippen LogP contribution is -2.36. The van der Waals surface area contributed by atoms with Gasteiger partial charge < -0.3 is 10.2 Å². The first-order valence-electron chi connectivity index (χ1n) is 11.2. The molecule has 6 nitrogen and oxygen atoms in total. The summed E-state index contributed by atoms with van der Waals surface area (Å²) in [7, 11) is 0. The Bertz CT molecular complexity index is 1240. The second-order valence-corrected chi connectivity index (χ2v) is 8.90. The van der Waals surface area contributed by atoms with E-state index in [4.69, 9.17) is 11.6 Å². The monoisotopic (exact) mass is 495 g/mol. The van der Waals surface area contributed by atoms with Gasteiger partial charge in [-0.3, -0.25) is 19.3 Å². The molecule has 0 unspecified atom stereocenters. The molecule has 3 aromatic rings. The SMILES string of the molecule is O=C(O)[C@H](CCN1C(=O)c2ccccc2C1=O)[C@H](O)CCc1ccc(F)c(-c2ccc(Cl)cc2)c1. The van der Waals surface area contributed by atoms with Crippen LogP contribution in [0.4, 0.5) is 4.39 Å². The predicted octanol–water partition coefficient (Wildman–Crippen LogP) is 4.83. The number of aryl methyl sites for hydroxylation is 1. The number of benzene rings is 3. The molecule has 35 heavy (non-hydrogen) atoms. The standard InChI is InChI=1S/C27H23ClFNO5/c28-18-9-7-17(8-10-18)22-15-16(5-11-23(22)29)6-12-24(31)21(27(34)35)13-14-30-25(32)19-3-1-2-4-20(19)26(30)33/h1-5,7-11,15,21,24,31H,6,12-14H2,(H,34,35)/t21-,24-/m1/s1. The van der Waals surface area contributed by atoms with E-state index in [1.807, 2.05) is 0 Å². The second kappa shape index (κ2) is 10.4. The van der Waals surface area contributed by atoms with E-state index in [1.165, 1.54) is 6.07 Å². The lowest BCUT2D eigenvalue weighted by molar-refractivity contribution is -0.146. The Morgan fingerprint density at radius 2 is 1.54 bits per heavy atom. The number of rotatable bonds is 9. The molecular weight excluding hydrogens is 473 g/mol. The Morgan fingerprint density at radius 1 is 0.914 bits per heavy atom. The van der Waals surface area contributed by atoms with Crippen LogP contribution in [0.5, 0.6) is 0 Å². The number of carbonyl (C=O) groups excluding carboxylic acids is 2. The molecule has 1 aliphatic rings. The van der Waals surface area contributed by atoms with Gasteiger partial charge in [-0.15, -0.1) is 0 Å². The third kappa shape index (κ3) is 5.26. The Morgan fingerprint density at radius 3 is 2.14 bits per heavy atom. The fourth-order valence-corrected chi connectivity index (χ4v) is 4.41. The van der Waals surface area contributed by atoms with E-state index in [1.54, 1.807) is 60.7 Å². The molecule has 0 radical (unpaired) electrons. The number of aliphatic hydroxyl groups excluding tert-OH is 1. The average molecular weight is 496 g/mol. The summed E-state index contributed by atoms with van der Waals surface area (Å²) in [5, 5.41) is 20.8. The van der Waals surface area contributed by atoms with Crippen molar-refractivity contribution < 1.29 is 29.0 Å². The molecule has 0 aliphatic carbocycles. The number of hydrogen-bond donors (Lipinski definition) is 2. The number of carbonyl (C=O) groups is 3. The molecule has 180 valence electrons. The first-order valence-corrected chi connectivity index (χ1v) is 11.5. The number of carboxylic acid groups (broad SMARTS) is 1. The zero-order valence-electron chi connectivity index (χ0n) is 18.7. The molecule has 0 aromatic heterocycles. The van der Waals surface area contributed by atoms with E-state index in [9.17, 15) is 29.0 Å². The zero-order chi connectivity index (χ0) is 25.1. The number of imide groups is 1. The van der Waals surface area contributed by atoms with E-state index in [-0.39, 0.29) is 30.5 Å². The minimum absolute atomic E-state index is 0.0819. The smallest absolute Gasteiger partial charge is 0.309 e. The van der Waals surface area contributed by atoms with E-state index >= 15 is 0 Å². The van der Waals surface area contributed by atoms with Crippen molar-refractivity contribution in [2.24, 2.45) is 5.92 Å². The highest BCUT2D eigenvalue weighted by atomic mass is 35.5. The molecule has 2 amide bonds. The highest BCUT2D eigenvalue weighted by Crippen LogP contribution is 2.27. The van der Waals surface area contributed by atoms with Gasteiger partial charge in [0.15, 0.2) is 0 Å². The number of fused-ring (bicyclic) bond motifs is 1. The van der Waals surface area contributed by atoms with E-state index < -0.39 is 35.6 Å². The van der Waals surface area contributed by atoms with Crippen molar-refractivity contribution >= 4 is 29.4 Å². The summed E-state index contributed by atoms with van der Waals surface area (Å²) in [6.45, 7) is -0.113. The molecule has 0 saturated carbocycles. The van der Waals surface area contributed by atoms with Gasteiger partial charge in [-0.05, 0) is 66.8 Å². The Hall–Kier alpha value is -3.55. The van der Waals surface area contributed by atoms with Gasteiger partial charge in [0.1, 0.15) is 5.82 Å². The van der Waals surface area contributed by atoms with Crippen LogP contribution in [0.25, 0.3) is 11.1 Å². The summed E-state index contributed by atoms with van der Waals surface area (Å²) in [6, 6.07) is 17.8. The van der Waals surface area contributed by atoms with Crippen LogP contribution in [0.2, 0.25) is 5.02 Å². The van der Waals surface area contributed by atoms with Crippen LogP contribution >= 0.6 is 11.6 Å². The molecule has 0 saturated heterocycles. The summed E-state index contributed by atoms with van der Waals surface area (Å²) in [6.07, 6.45) is -0.864. The number of carboxylic acids is 1. The molecule has 4 rings (SSSR count). The summed E-state index contributed by atoms with van der Waals surface area (Å²) in [5.74, 6) is -3.72. The normalized spacial score (nSPS) is 14.7. The summed E-state index contributed by atoms with van der Waals surface area (Å²) in [4.78, 5) is 37.9. The molecule has 0 spiro atoms. The van der Waals surface area contributed by atoms with Crippen molar-refractivity contribution in [1.29, 1.82) is 0 Å². The fraction of sp³-hybridized carbons (Fsp3) is 0.222. The van der Waals surface area contributed by atoms with Gasteiger partial charge in [0, 0.05) is 17.1 Å². The Labute approximate surface area is 206 Å². The first-order chi connectivity index (χ1) is 16.8.